The van der Waals surface area contributed by atoms with Gasteiger partial charge in [-0.2, -0.15) is 0 Å². The molecule has 16 heteroatoms. The van der Waals surface area contributed by atoms with Crippen molar-refractivity contribution < 1.29 is 76.5 Å². The largest absolute Gasteiger partial charge is 0.392 e. The lowest BCUT2D eigenvalue weighted by molar-refractivity contribution is -0.369. The summed E-state index contributed by atoms with van der Waals surface area (Å²) in [5, 5.41) is 21.9. The molecule has 0 aromatic heterocycles. The molecule has 8 aliphatic heterocycles. The average molecular weight is 1100 g/mol. The summed E-state index contributed by atoms with van der Waals surface area (Å²) in [7, 11) is 0. The summed E-state index contributed by atoms with van der Waals surface area (Å²) in [6, 6.07) is 0. The standard InChI is InChI=1S/C61H108O16/c1-20-40-37(17)47(62)39(19)60(65-40)76-53-31(11)35(15)58(69-45(53)25-6)74-51-29(9)33(13)56(67-43(51)23-4)72-49-27(7)32(12)55(66-41(49)21-2)73-50-28(8)34(14)57(68-42(50)22-3)75-52-30(10)36(16)59(70-44(52)24-5)77-54-38(18)48(63)61-64-26-46(54)71-61/h27-63H,20-26H2,1-19H3/t27?,28-,29?,30-,31-,32?,33?,34?,35?,36?,37+,38?,39?,40?,41?,42?,43?,44?,45?,46+,47+,48?,49+,50-,51+,52-,53-,54+,55-,56-,57+,58+,59+,60+,61-/m1/s1. The highest BCUT2D eigenvalue weighted by Crippen LogP contribution is 2.47. The van der Waals surface area contributed by atoms with Gasteiger partial charge in [0.25, 0.3) is 0 Å². The monoisotopic (exact) mass is 1100 g/mol. The number of aliphatic hydroxyl groups is 2. The van der Waals surface area contributed by atoms with E-state index >= 15 is 0 Å². The SMILES string of the molecule is CCC1O[C@H](O[C@H]2C(CC)O[C@@H](O[C@H]3C(CC)O[C@@H](O[C@H]4C(C)C(O)[C@@H]5OC[C@@H]4O5)C(C)[C@H]3C)C(C)[C@H]2C)C(C)C(C)[C@@H]1O[C@H]1OC(CC)[C@@H](O[C@@H]2OC(CC)[C@H](O[C@@H]3OC(CC)[C@H](C)[C@H](O)C3C)[C@H](C)C2C)C(C)C1C. The van der Waals surface area contributed by atoms with Crippen LogP contribution < -0.4 is 0 Å². The van der Waals surface area contributed by atoms with E-state index in [-0.39, 0.29) is 156 Å². The van der Waals surface area contributed by atoms with Gasteiger partial charge in [-0.15, -0.1) is 0 Å². The molecule has 0 aliphatic carbocycles. The van der Waals surface area contributed by atoms with Crippen LogP contribution in [0.5, 0.6) is 0 Å². The summed E-state index contributed by atoms with van der Waals surface area (Å²) >= 11 is 0. The van der Waals surface area contributed by atoms with Gasteiger partial charge in [0.2, 0.25) is 0 Å². The number of ether oxygens (including phenoxy) is 14. The van der Waals surface area contributed by atoms with Crippen molar-refractivity contribution in [2.45, 2.75) is 306 Å². The van der Waals surface area contributed by atoms with Crippen molar-refractivity contribution in [3.8, 4) is 0 Å². The zero-order chi connectivity index (χ0) is 56.1. The highest BCUT2D eigenvalue weighted by Gasteiger charge is 2.56. The first-order valence-corrected chi connectivity index (χ1v) is 31.1. The molecule has 77 heavy (non-hydrogen) atoms. The van der Waals surface area contributed by atoms with E-state index in [9.17, 15) is 10.2 Å². The van der Waals surface area contributed by atoms with E-state index in [0.717, 1.165) is 38.5 Å². The molecule has 2 N–H and O–H groups in total. The third kappa shape index (κ3) is 12.5. The topological polar surface area (TPSA) is 170 Å². The molecule has 0 spiro atoms. The summed E-state index contributed by atoms with van der Waals surface area (Å²) in [4.78, 5) is 0. The van der Waals surface area contributed by atoms with Crippen LogP contribution in [0.25, 0.3) is 0 Å². The number of hydrogen-bond acceptors (Lipinski definition) is 16. The van der Waals surface area contributed by atoms with Crippen LogP contribution in [-0.4, -0.2) is 152 Å². The minimum Gasteiger partial charge on any atom is -0.392 e. The third-order valence-electron chi connectivity index (χ3n) is 21.3. The summed E-state index contributed by atoms with van der Waals surface area (Å²) in [6.45, 7) is 41.7. The Morgan fingerprint density at radius 1 is 0.286 bits per heavy atom. The van der Waals surface area contributed by atoms with Gasteiger partial charge >= 0.3 is 0 Å². The quantitative estimate of drug-likeness (QED) is 0.133. The van der Waals surface area contributed by atoms with Crippen molar-refractivity contribution in [2.75, 3.05) is 6.61 Å². The van der Waals surface area contributed by atoms with E-state index in [1.807, 2.05) is 13.8 Å². The second-order valence-electron chi connectivity index (χ2n) is 25.8. The Hall–Kier alpha value is -0.640. The summed E-state index contributed by atoms with van der Waals surface area (Å²) in [6.07, 6.45) is -2.50. The molecule has 8 fully saturated rings. The molecular formula is C61H108O16. The van der Waals surface area contributed by atoms with Crippen LogP contribution in [0.1, 0.15) is 170 Å². The van der Waals surface area contributed by atoms with E-state index < -0.39 is 56.2 Å². The fourth-order valence-electron chi connectivity index (χ4n) is 14.4. The molecule has 8 saturated heterocycles. The Kier molecular flexibility index (Phi) is 21.5. The van der Waals surface area contributed by atoms with Crippen molar-refractivity contribution in [3.05, 3.63) is 0 Å². The highest BCUT2D eigenvalue weighted by atomic mass is 16.8. The summed E-state index contributed by atoms with van der Waals surface area (Å²) < 4.78 is 94.6. The van der Waals surface area contributed by atoms with Crippen LogP contribution in [0.2, 0.25) is 0 Å². The number of fused-ring (bicyclic) bond motifs is 2. The molecule has 0 amide bonds. The van der Waals surface area contributed by atoms with Crippen LogP contribution in [0, 0.1) is 76.9 Å². The van der Waals surface area contributed by atoms with E-state index in [1.54, 1.807) is 0 Å². The molecular weight excluding hydrogens is 989 g/mol. The molecule has 0 aromatic carbocycles. The zero-order valence-corrected chi connectivity index (χ0v) is 50.8. The van der Waals surface area contributed by atoms with Gasteiger partial charge in [0.1, 0.15) is 12.2 Å². The molecule has 8 heterocycles. The van der Waals surface area contributed by atoms with E-state index in [2.05, 4.69) is 118 Å². The predicted molar refractivity (Wildman–Crippen MR) is 289 cm³/mol. The Morgan fingerprint density at radius 2 is 0.545 bits per heavy atom. The normalized spacial score (nSPS) is 54.6. The first-order chi connectivity index (χ1) is 36.6. The maximum Gasteiger partial charge on any atom is 0.184 e. The molecule has 448 valence electrons. The van der Waals surface area contributed by atoms with Crippen molar-refractivity contribution in [1.29, 1.82) is 0 Å². The van der Waals surface area contributed by atoms with Crippen LogP contribution in [0.15, 0.2) is 0 Å². The lowest BCUT2D eigenvalue weighted by Crippen LogP contribution is -2.60. The van der Waals surface area contributed by atoms with Gasteiger partial charge in [-0.3, -0.25) is 0 Å². The maximum atomic E-state index is 11.1. The predicted octanol–water partition coefficient (Wildman–Crippen LogP) is 9.85. The molecule has 0 saturated carbocycles. The van der Waals surface area contributed by atoms with E-state index in [4.69, 9.17) is 66.3 Å². The first-order valence-electron chi connectivity index (χ1n) is 31.1. The molecule has 0 aromatic rings. The lowest BCUT2D eigenvalue weighted by Gasteiger charge is -2.52. The van der Waals surface area contributed by atoms with Gasteiger partial charge in [0.05, 0.1) is 86.0 Å². The molecule has 16 unspecified atom stereocenters. The summed E-state index contributed by atoms with van der Waals surface area (Å²) in [5.41, 5.74) is 0. The van der Waals surface area contributed by atoms with Crippen LogP contribution >= 0.6 is 0 Å². The maximum absolute atomic E-state index is 11.1. The molecule has 8 rings (SSSR count). The number of aliphatic hydroxyl groups excluding tert-OH is 2. The van der Waals surface area contributed by atoms with Gasteiger partial charge < -0.3 is 76.5 Å². The molecule has 0 radical (unpaired) electrons. The number of rotatable bonds is 18. The van der Waals surface area contributed by atoms with Crippen molar-refractivity contribution in [1.82, 2.24) is 0 Å². The highest BCUT2D eigenvalue weighted by molar-refractivity contribution is 4.97. The molecule has 8 aliphatic rings. The van der Waals surface area contributed by atoms with Crippen LogP contribution in [-0.2, 0) is 66.3 Å². The van der Waals surface area contributed by atoms with Gasteiger partial charge in [0, 0.05) is 47.3 Å². The second-order valence-corrected chi connectivity index (χ2v) is 25.8. The Bertz CT molecular complexity index is 1800. The average Bonchev–Trinajstić information content (AvgIpc) is 3.94. The van der Waals surface area contributed by atoms with Gasteiger partial charge in [0.15, 0.2) is 44.0 Å². The van der Waals surface area contributed by atoms with Crippen molar-refractivity contribution in [2.24, 2.45) is 76.9 Å². The smallest absolute Gasteiger partial charge is 0.184 e. The molecule has 2 bridgehead atoms. The van der Waals surface area contributed by atoms with Crippen molar-refractivity contribution >= 4 is 0 Å². The Labute approximate surface area is 464 Å². The lowest BCUT2D eigenvalue weighted by atomic mass is 9.80. The second kappa shape index (κ2) is 26.5. The fraction of sp³-hybridized carbons (Fsp3) is 1.00. The van der Waals surface area contributed by atoms with Crippen LogP contribution in [0.4, 0.5) is 0 Å². The number of hydrogen-bond donors (Lipinski definition) is 2. The molecule has 35 atom stereocenters. The van der Waals surface area contributed by atoms with Gasteiger partial charge in [-0.25, -0.2) is 0 Å². The minimum absolute atomic E-state index is 0.0182. The van der Waals surface area contributed by atoms with Gasteiger partial charge in [-0.1, -0.05) is 132 Å². The van der Waals surface area contributed by atoms with E-state index in [0.29, 0.717) is 6.61 Å². The zero-order valence-electron chi connectivity index (χ0n) is 50.8. The Morgan fingerprint density at radius 3 is 0.831 bits per heavy atom. The van der Waals surface area contributed by atoms with E-state index in [1.165, 1.54) is 0 Å². The third-order valence-corrected chi connectivity index (χ3v) is 21.3. The van der Waals surface area contributed by atoms with Gasteiger partial charge in [-0.05, 0) is 68.1 Å². The minimum atomic E-state index is -0.749. The summed E-state index contributed by atoms with van der Waals surface area (Å²) in [5.74, 6) is 0.503. The van der Waals surface area contributed by atoms with Crippen molar-refractivity contribution in [3.63, 3.8) is 0 Å². The fourth-order valence-corrected chi connectivity index (χ4v) is 14.4. The Balaban J connectivity index is 0.859. The molecule has 16 nitrogen and oxygen atoms in total. The van der Waals surface area contributed by atoms with Crippen LogP contribution in [0.3, 0.4) is 0 Å². The first kappa shape index (κ1) is 62.4.